The minimum Gasteiger partial charge on any atom is -0.309 e. The van der Waals surface area contributed by atoms with Crippen LogP contribution < -0.4 is 0 Å². The van der Waals surface area contributed by atoms with Crippen molar-refractivity contribution in [2.24, 2.45) is 0 Å². The molecule has 13 aromatic rings. The van der Waals surface area contributed by atoms with Crippen molar-refractivity contribution in [2.75, 3.05) is 0 Å². The van der Waals surface area contributed by atoms with Crippen LogP contribution >= 0.6 is 0 Å². The molecule has 0 saturated heterocycles. The van der Waals surface area contributed by atoms with E-state index in [9.17, 15) is 0 Å². The molecule has 318 valence electrons. The van der Waals surface area contributed by atoms with Crippen LogP contribution in [0.4, 0.5) is 0 Å². The lowest BCUT2D eigenvalue weighted by Gasteiger charge is -2.17. The molecule has 0 aliphatic heterocycles. The molecule has 0 saturated carbocycles. The maximum atomic E-state index is 5.48. The van der Waals surface area contributed by atoms with Gasteiger partial charge in [-0.25, -0.2) is 15.0 Å². The second kappa shape index (κ2) is 16.4. The van der Waals surface area contributed by atoms with Crippen LogP contribution in [0.25, 0.3) is 123 Å². The third-order valence-electron chi connectivity index (χ3n) is 13.2. The van der Waals surface area contributed by atoms with E-state index < -0.39 is 0 Å². The van der Waals surface area contributed by atoms with Crippen LogP contribution in [-0.4, -0.2) is 24.1 Å². The molecule has 0 spiro atoms. The Morgan fingerprint density at radius 1 is 0.221 bits per heavy atom. The summed E-state index contributed by atoms with van der Waals surface area (Å²) in [5, 5.41) is 4.82. The SMILES string of the molecule is c1ccc(-c2ccc(-n3c4ccccc4c4ccccc43)c(-c3cccc(-c4nc(-c5ccccc5)nc(-c5cc(-c6ccccc6)ccc5-n5c6ccccc6c6ccccc65)n4)c3)c2)cc1. The lowest BCUT2D eigenvalue weighted by Crippen LogP contribution is -2.04. The monoisotopic (exact) mass is 867 g/mol. The van der Waals surface area contributed by atoms with Gasteiger partial charge in [0.05, 0.1) is 33.4 Å². The number of nitrogens with zero attached hydrogens (tertiary/aromatic N) is 5. The fraction of sp³-hybridized carbons (Fsp3) is 0. The van der Waals surface area contributed by atoms with Crippen molar-refractivity contribution >= 4 is 43.6 Å². The summed E-state index contributed by atoms with van der Waals surface area (Å²) < 4.78 is 4.77. The highest BCUT2D eigenvalue weighted by atomic mass is 15.1. The number of para-hydroxylation sites is 4. The fourth-order valence-corrected chi connectivity index (χ4v) is 10.0. The zero-order chi connectivity index (χ0) is 45.0. The van der Waals surface area contributed by atoms with Crippen LogP contribution in [0.2, 0.25) is 0 Å². The highest BCUT2D eigenvalue weighted by Crippen LogP contribution is 2.41. The van der Waals surface area contributed by atoms with E-state index in [2.05, 4.69) is 240 Å². The van der Waals surface area contributed by atoms with E-state index in [1.54, 1.807) is 0 Å². The van der Waals surface area contributed by atoms with Gasteiger partial charge in [-0.1, -0.05) is 194 Å². The first kappa shape index (κ1) is 39.2. The summed E-state index contributed by atoms with van der Waals surface area (Å²) >= 11 is 0. The number of fused-ring (bicyclic) bond motifs is 6. The maximum Gasteiger partial charge on any atom is 0.166 e. The first-order valence-corrected chi connectivity index (χ1v) is 23.0. The van der Waals surface area contributed by atoms with E-state index in [0.717, 1.165) is 83.5 Å². The van der Waals surface area contributed by atoms with Gasteiger partial charge >= 0.3 is 0 Å². The normalized spacial score (nSPS) is 11.5. The van der Waals surface area contributed by atoms with Crippen LogP contribution in [0, 0.1) is 0 Å². The van der Waals surface area contributed by atoms with Gasteiger partial charge in [0.25, 0.3) is 0 Å². The summed E-state index contributed by atoms with van der Waals surface area (Å²) in [4.78, 5) is 16.1. The van der Waals surface area contributed by atoms with E-state index in [0.29, 0.717) is 17.5 Å². The summed E-state index contributed by atoms with van der Waals surface area (Å²) in [6.45, 7) is 0. The van der Waals surface area contributed by atoms with Crippen LogP contribution in [0.5, 0.6) is 0 Å². The Bertz CT molecular complexity index is 3910. The molecule has 3 aromatic heterocycles. The Hall–Kier alpha value is -9.19. The molecule has 0 bridgehead atoms. The molecular formula is C63H41N5. The van der Waals surface area contributed by atoms with Crippen LogP contribution in [0.15, 0.2) is 249 Å². The second-order valence-corrected chi connectivity index (χ2v) is 17.2. The average molecular weight is 868 g/mol. The number of hydrogen-bond donors (Lipinski definition) is 0. The number of rotatable bonds is 8. The molecule has 0 radical (unpaired) electrons. The minimum absolute atomic E-state index is 0.589. The maximum absolute atomic E-state index is 5.48. The summed E-state index contributed by atoms with van der Waals surface area (Å²) in [6.07, 6.45) is 0. The van der Waals surface area contributed by atoms with Gasteiger partial charge in [-0.05, 0) is 82.4 Å². The summed E-state index contributed by atoms with van der Waals surface area (Å²) in [5.41, 5.74) is 16.0. The van der Waals surface area contributed by atoms with Crippen molar-refractivity contribution in [3.63, 3.8) is 0 Å². The van der Waals surface area contributed by atoms with Gasteiger partial charge in [0.1, 0.15) is 0 Å². The van der Waals surface area contributed by atoms with Gasteiger partial charge in [-0.15, -0.1) is 0 Å². The molecule has 0 N–H and O–H groups in total. The third kappa shape index (κ3) is 6.68. The number of benzene rings is 10. The molecule has 3 heterocycles. The third-order valence-corrected chi connectivity index (χ3v) is 13.2. The quantitative estimate of drug-likeness (QED) is 0.153. The Kier molecular flexibility index (Phi) is 9.43. The van der Waals surface area contributed by atoms with E-state index in [1.807, 2.05) is 18.2 Å². The topological polar surface area (TPSA) is 48.5 Å². The smallest absolute Gasteiger partial charge is 0.166 e. The highest BCUT2D eigenvalue weighted by Gasteiger charge is 2.22. The van der Waals surface area contributed by atoms with Crippen molar-refractivity contribution in [2.45, 2.75) is 0 Å². The van der Waals surface area contributed by atoms with Crippen molar-refractivity contribution in [1.82, 2.24) is 24.1 Å². The molecule has 0 aliphatic rings. The van der Waals surface area contributed by atoms with Gasteiger partial charge < -0.3 is 9.13 Å². The van der Waals surface area contributed by atoms with Crippen LogP contribution in [0.1, 0.15) is 0 Å². The summed E-state index contributed by atoms with van der Waals surface area (Å²) in [5.74, 6) is 1.78. The van der Waals surface area contributed by atoms with Gasteiger partial charge in [-0.2, -0.15) is 0 Å². The zero-order valence-electron chi connectivity index (χ0n) is 36.9. The average Bonchev–Trinajstić information content (AvgIpc) is 3.94. The first-order chi connectivity index (χ1) is 33.7. The lowest BCUT2D eigenvalue weighted by molar-refractivity contribution is 1.06. The fourth-order valence-electron chi connectivity index (χ4n) is 10.0. The van der Waals surface area contributed by atoms with Crippen LogP contribution in [-0.2, 0) is 0 Å². The standard InChI is InChI=1S/C63H41N5/c1-4-19-42(20-5-1)45-35-37-59(67-55-31-14-10-27-49(55)50-28-11-15-32-56(50)67)53(40-45)47-25-18-26-48(39-47)62-64-61(44-23-8-3-9-24-44)65-63(66-62)54-41-46(43-21-6-2-7-22-43)36-38-60(54)68-57-33-16-12-29-51(57)52-30-13-17-34-58(52)68/h1-41H. The highest BCUT2D eigenvalue weighted by molar-refractivity contribution is 6.11. The Labute approximate surface area is 393 Å². The molecule has 10 aromatic carbocycles. The molecular weight excluding hydrogens is 827 g/mol. The van der Waals surface area contributed by atoms with E-state index in [-0.39, 0.29) is 0 Å². The number of hydrogen-bond acceptors (Lipinski definition) is 3. The molecule has 68 heavy (non-hydrogen) atoms. The predicted octanol–water partition coefficient (Wildman–Crippen LogP) is 16.1. The molecule has 13 rings (SSSR count). The molecule has 0 aliphatic carbocycles. The van der Waals surface area contributed by atoms with Gasteiger partial charge in [0, 0.05) is 43.8 Å². The van der Waals surface area contributed by atoms with Crippen molar-refractivity contribution in [1.29, 1.82) is 0 Å². The summed E-state index contributed by atoms with van der Waals surface area (Å²) in [7, 11) is 0. The van der Waals surface area contributed by atoms with Crippen molar-refractivity contribution in [3.05, 3.63) is 249 Å². The minimum atomic E-state index is 0.589. The van der Waals surface area contributed by atoms with E-state index in [4.69, 9.17) is 15.0 Å². The molecule has 0 amide bonds. The van der Waals surface area contributed by atoms with Crippen molar-refractivity contribution in [3.8, 4) is 78.9 Å². The zero-order valence-corrected chi connectivity index (χ0v) is 36.9. The molecule has 5 nitrogen and oxygen atoms in total. The molecule has 0 unspecified atom stereocenters. The van der Waals surface area contributed by atoms with E-state index in [1.165, 1.54) is 21.5 Å². The van der Waals surface area contributed by atoms with Gasteiger partial charge in [-0.3, -0.25) is 0 Å². The van der Waals surface area contributed by atoms with E-state index >= 15 is 0 Å². The van der Waals surface area contributed by atoms with Crippen molar-refractivity contribution < 1.29 is 0 Å². The molecule has 0 atom stereocenters. The summed E-state index contributed by atoms with van der Waals surface area (Å²) in [6, 6.07) is 88.2. The number of aromatic nitrogens is 5. The first-order valence-electron chi connectivity index (χ1n) is 23.0. The Morgan fingerprint density at radius 3 is 1.06 bits per heavy atom. The second-order valence-electron chi connectivity index (χ2n) is 17.2. The molecule has 5 heteroatoms. The largest absolute Gasteiger partial charge is 0.309 e. The predicted molar refractivity (Wildman–Crippen MR) is 281 cm³/mol. The van der Waals surface area contributed by atoms with Gasteiger partial charge in [0.2, 0.25) is 0 Å². The Balaban J connectivity index is 1.05. The van der Waals surface area contributed by atoms with Crippen LogP contribution in [0.3, 0.4) is 0 Å². The lowest BCUT2D eigenvalue weighted by atomic mass is 9.96. The molecule has 0 fully saturated rings. The van der Waals surface area contributed by atoms with Gasteiger partial charge in [0.15, 0.2) is 17.5 Å². The Morgan fingerprint density at radius 2 is 0.574 bits per heavy atom.